The highest BCUT2D eigenvalue weighted by Crippen LogP contribution is 2.53. The van der Waals surface area contributed by atoms with Crippen molar-refractivity contribution in [2.24, 2.45) is 35.5 Å². The van der Waals surface area contributed by atoms with Gasteiger partial charge in [-0.25, -0.2) is 26.1 Å². The SMILES string of the molecule is C.C=S1(=O)NC(=O)c2ccc3c(c2)N(C[C@@H]2CC[C@H]2[C@@](O)(CCN2CCCCC2)CCC[C@H](C)[C@H]1C)C[C@@]1(CCCc2cc(Cl)ccc21)CO3.C[C@@H]1[C@@H](C)CCC[C@@](O)(CCN2CC(F)(F)C2)[C@@H]2CC[C@H]2CN2C[C@@]3(CCCc4cc(Cl)ccc43)COc3ccc(cc32)C(=O)NS1(=O)=O. The molecule has 544 valence electrons. The first-order valence-corrected chi connectivity index (χ1v) is 40.9. The zero-order valence-corrected chi connectivity index (χ0v) is 61.1. The van der Waals surface area contributed by atoms with Crippen LogP contribution >= 0.6 is 23.2 Å². The van der Waals surface area contributed by atoms with Gasteiger partial charge in [0.05, 0.1) is 63.8 Å². The molecule has 4 aromatic rings. The van der Waals surface area contributed by atoms with Crippen molar-refractivity contribution in [2.75, 3.05) is 88.5 Å². The molecule has 4 aromatic carbocycles. The van der Waals surface area contributed by atoms with Gasteiger partial charge in [0.15, 0.2) is 0 Å². The lowest BCUT2D eigenvalue weighted by Crippen LogP contribution is -2.58. The molecule has 13 atom stereocenters. The van der Waals surface area contributed by atoms with Gasteiger partial charge < -0.3 is 34.4 Å². The summed E-state index contributed by atoms with van der Waals surface area (Å²) in [4.78, 5) is 36.2. The average molecular weight is 1450 g/mol. The molecule has 2 saturated carbocycles. The van der Waals surface area contributed by atoms with E-state index < -0.39 is 48.0 Å². The molecule has 10 aliphatic rings. The second kappa shape index (κ2) is 29.4. The Balaban J connectivity index is 0.000000186. The molecule has 6 aliphatic heterocycles. The predicted molar refractivity (Wildman–Crippen MR) is 394 cm³/mol. The Bertz CT molecular complexity index is 3840. The predicted octanol–water partition coefficient (Wildman–Crippen LogP) is 13.8. The average Bonchev–Trinajstić information content (AvgIpc) is 1.70. The highest BCUT2D eigenvalue weighted by molar-refractivity contribution is 7.99. The quantitative estimate of drug-likeness (QED) is 0.134. The number of piperidine rings is 1. The van der Waals surface area contributed by atoms with Crippen LogP contribution in [0.25, 0.3) is 0 Å². The summed E-state index contributed by atoms with van der Waals surface area (Å²) in [6.45, 7) is 14.3. The molecular formula is C78H108Cl2F2N6O9S2. The molecule has 14 rings (SSSR count). The summed E-state index contributed by atoms with van der Waals surface area (Å²) in [5.74, 6) is 2.21. The van der Waals surface area contributed by atoms with E-state index in [2.05, 4.69) is 55.1 Å². The Morgan fingerprint density at radius 3 is 1.49 bits per heavy atom. The van der Waals surface area contributed by atoms with E-state index in [1.54, 1.807) is 36.1 Å². The van der Waals surface area contributed by atoms with Gasteiger partial charge in [-0.05, 0) is 267 Å². The Morgan fingerprint density at radius 1 is 0.566 bits per heavy atom. The molecule has 15 nitrogen and oxygen atoms in total. The Kier molecular flexibility index (Phi) is 22.0. The fourth-order valence-electron chi connectivity index (χ4n) is 18.9. The van der Waals surface area contributed by atoms with Crippen LogP contribution in [-0.4, -0.2) is 157 Å². The van der Waals surface area contributed by atoms with Gasteiger partial charge >= 0.3 is 0 Å². The molecule has 0 radical (unpaired) electrons. The molecule has 4 N–H and O–H groups in total. The fraction of sp³-hybridized carbons (Fsp3) is 0.654. The van der Waals surface area contributed by atoms with Gasteiger partial charge in [0.25, 0.3) is 17.7 Å². The summed E-state index contributed by atoms with van der Waals surface area (Å²) in [5.41, 5.74) is 4.98. The standard InChI is InChI=1S/C40H56ClN3O4S.C37H48ClF2N3O5S.CH4/c1-28-9-7-18-40(46,19-22-43-20-5-4-6-21-43)35-14-11-32(35)25-44-26-39(17-8-10-30-23-33(41)13-15-34(30)39)27-48-37-16-12-31(24-36(37)44)38(45)42-49(3,47)29(28)2;1-24-5-3-14-36(45,15-16-42-21-37(39,40)22-42)31-10-7-28(31)19-43-20-35(13-4-6-26-17-29(38)9-11-30(26)35)23-48-33-12-8-27(18-32(33)43)34(44)41-49(46,47)25(24)2;/h12-13,15-16,23-24,28-29,32,35,46H,3-11,14,17-22,25-27H2,1-2H3,(H,42,45,47);8-9,11-12,17-18,24-25,28,31,45H,3-7,10,13-16,19-23H2,1-2H3,(H,41,44);1H4/t28-,29+,32-,35+,39-,40-,49?;24-,25+,28-,31+,35-,36+;/m00./s1. The zero-order valence-electron chi connectivity index (χ0n) is 58.0. The van der Waals surface area contributed by atoms with Crippen LogP contribution in [0.4, 0.5) is 20.2 Å². The molecule has 4 fully saturated rings. The smallest absolute Gasteiger partial charge is 0.272 e. The first kappa shape index (κ1) is 74.0. The van der Waals surface area contributed by atoms with Gasteiger partial charge in [-0.1, -0.05) is 75.9 Å². The van der Waals surface area contributed by atoms with Crippen molar-refractivity contribution < 1.29 is 50.7 Å². The molecule has 2 saturated heterocycles. The van der Waals surface area contributed by atoms with Crippen molar-refractivity contribution in [2.45, 2.75) is 208 Å². The molecule has 2 spiro atoms. The van der Waals surface area contributed by atoms with Crippen LogP contribution in [0.2, 0.25) is 10.0 Å². The summed E-state index contributed by atoms with van der Waals surface area (Å²) in [6, 6.07) is 23.2. The number of benzene rings is 4. The normalized spacial score (nSPS) is 34.6. The van der Waals surface area contributed by atoms with Crippen LogP contribution in [-0.2, 0) is 43.4 Å². The van der Waals surface area contributed by atoms with E-state index in [9.17, 15) is 41.2 Å². The highest BCUT2D eigenvalue weighted by atomic mass is 35.5. The number of aryl methyl sites for hydroxylation is 2. The van der Waals surface area contributed by atoms with Gasteiger partial charge in [-0.15, -0.1) is 0 Å². The van der Waals surface area contributed by atoms with E-state index in [0.29, 0.717) is 80.8 Å². The van der Waals surface area contributed by atoms with Crippen LogP contribution in [0.15, 0.2) is 72.8 Å². The number of aliphatic hydroxyl groups is 2. The van der Waals surface area contributed by atoms with Gasteiger partial charge in [-0.3, -0.25) is 19.2 Å². The fourth-order valence-corrected chi connectivity index (χ4v) is 22.1. The number of rotatable bonds is 6. The Morgan fingerprint density at radius 2 is 1.03 bits per heavy atom. The van der Waals surface area contributed by atoms with Crippen LogP contribution in [0, 0.1) is 35.5 Å². The third-order valence-electron chi connectivity index (χ3n) is 25.5. The third-order valence-corrected chi connectivity index (χ3v) is 30.1. The van der Waals surface area contributed by atoms with Crippen molar-refractivity contribution in [1.82, 2.24) is 19.2 Å². The number of amides is 2. The number of likely N-dealkylation sites (tertiary alicyclic amines) is 2. The van der Waals surface area contributed by atoms with Crippen LogP contribution in [0.1, 0.15) is 200 Å². The third kappa shape index (κ3) is 15.6. The topological polar surface area (TPSA) is 181 Å². The second-order valence-electron chi connectivity index (χ2n) is 31.9. The number of halogens is 4. The Labute approximate surface area is 598 Å². The van der Waals surface area contributed by atoms with E-state index in [1.165, 1.54) is 41.5 Å². The maximum atomic E-state index is 13.9. The molecule has 6 heterocycles. The largest absolute Gasteiger partial charge is 0.490 e. The van der Waals surface area contributed by atoms with Crippen LogP contribution < -0.4 is 28.7 Å². The maximum absolute atomic E-state index is 13.9. The van der Waals surface area contributed by atoms with E-state index in [-0.39, 0.29) is 77.7 Å². The number of hydrogen-bond donors (Lipinski definition) is 4. The molecule has 21 heteroatoms. The minimum Gasteiger partial charge on any atom is -0.490 e. The van der Waals surface area contributed by atoms with Crippen LogP contribution in [0.3, 0.4) is 0 Å². The first-order valence-electron chi connectivity index (χ1n) is 36.8. The van der Waals surface area contributed by atoms with Crippen molar-refractivity contribution in [3.05, 3.63) is 116 Å². The molecule has 4 aliphatic carbocycles. The zero-order chi connectivity index (χ0) is 69.2. The summed E-state index contributed by atoms with van der Waals surface area (Å²) in [6.07, 6.45) is 18.8. The number of carbonyl (C=O) groups excluding carboxylic acids is 2. The minimum atomic E-state index is -4.00. The highest BCUT2D eigenvalue weighted by Gasteiger charge is 2.53. The van der Waals surface area contributed by atoms with Crippen molar-refractivity contribution >= 4 is 72.0 Å². The van der Waals surface area contributed by atoms with E-state index >= 15 is 0 Å². The summed E-state index contributed by atoms with van der Waals surface area (Å²) >= 11 is 12.9. The molecular weight excluding hydrogens is 1340 g/mol. The molecule has 1 unspecified atom stereocenters. The maximum Gasteiger partial charge on any atom is 0.272 e. The number of nitrogens with one attached hydrogen (secondary N) is 2. The number of nitrogens with zero attached hydrogens (tertiary/aromatic N) is 4. The van der Waals surface area contributed by atoms with Crippen molar-refractivity contribution in [3.63, 3.8) is 0 Å². The Hall–Kier alpha value is -4.73. The van der Waals surface area contributed by atoms with Crippen molar-refractivity contribution in [3.8, 4) is 11.5 Å². The molecule has 0 aromatic heterocycles. The molecule has 99 heavy (non-hydrogen) atoms. The summed E-state index contributed by atoms with van der Waals surface area (Å²) in [5, 5.41) is 25.5. The van der Waals surface area contributed by atoms with Crippen molar-refractivity contribution in [1.29, 1.82) is 0 Å². The number of carbonyl (C=O) groups is 2. The lowest BCUT2D eigenvalue weighted by atomic mass is 9.61. The number of sulfonamides is 1. The monoisotopic (exact) mass is 1440 g/mol. The molecule has 4 bridgehead atoms. The van der Waals surface area contributed by atoms with E-state index in [4.69, 9.17) is 32.7 Å². The lowest BCUT2D eigenvalue weighted by molar-refractivity contribution is -0.146. The van der Waals surface area contributed by atoms with Gasteiger partial charge in [-0.2, -0.15) is 0 Å². The van der Waals surface area contributed by atoms with Gasteiger partial charge in [0, 0.05) is 76.5 Å². The lowest BCUT2D eigenvalue weighted by Gasteiger charge is -2.51. The number of hydrogen-bond acceptors (Lipinski definition) is 13. The molecule has 2 amide bonds. The van der Waals surface area contributed by atoms with Gasteiger partial charge in [0.2, 0.25) is 10.0 Å². The number of fused-ring (bicyclic) bond motifs is 8. The van der Waals surface area contributed by atoms with Crippen LogP contribution in [0.5, 0.6) is 11.5 Å². The number of anilines is 2. The minimum absolute atomic E-state index is 0. The van der Waals surface area contributed by atoms with Gasteiger partial charge in [0.1, 0.15) is 11.5 Å². The number of alkyl halides is 2. The second-order valence-corrected chi connectivity index (χ2v) is 37.2. The van der Waals surface area contributed by atoms with E-state index in [0.717, 1.165) is 145 Å². The summed E-state index contributed by atoms with van der Waals surface area (Å²) in [7, 11) is -6.92. The summed E-state index contributed by atoms with van der Waals surface area (Å²) < 4.78 is 86.6. The number of ether oxygens (including phenoxy) is 2. The van der Waals surface area contributed by atoms with E-state index in [1.807, 2.05) is 44.2 Å². The first-order chi connectivity index (χ1) is 46.6.